The lowest BCUT2D eigenvalue weighted by molar-refractivity contribution is -0.131. The number of ether oxygens (including phenoxy) is 1. The number of nitrogens with zero attached hydrogens (tertiary/aromatic N) is 6. The lowest BCUT2D eigenvalue weighted by Gasteiger charge is -2.34. The molecule has 45 heavy (non-hydrogen) atoms. The number of benzene rings is 2. The van der Waals surface area contributed by atoms with Crippen molar-refractivity contribution in [2.24, 2.45) is 0 Å². The van der Waals surface area contributed by atoms with Crippen molar-refractivity contribution in [1.82, 2.24) is 34.7 Å². The van der Waals surface area contributed by atoms with E-state index in [1.807, 2.05) is 30.3 Å². The van der Waals surface area contributed by atoms with Crippen LogP contribution in [0.3, 0.4) is 0 Å². The fourth-order valence-electron chi connectivity index (χ4n) is 6.20. The minimum atomic E-state index is -0.470. The number of halogens is 2. The van der Waals surface area contributed by atoms with Crippen LogP contribution in [0.15, 0.2) is 54.9 Å². The minimum Gasteiger partial charge on any atom is -0.496 e. The fourth-order valence-corrected chi connectivity index (χ4v) is 6.20. The molecule has 12 heteroatoms. The molecule has 2 aromatic heterocycles. The second kappa shape index (κ2) is 13.6. The zero-order chi connectivity index (χ0) is 31.3. The predicted octanol–water partition coefficient (Wildman–Crippen LogP) is 4.40. The van der Waals surface area contributed by atoms with Crippen LogP contribution in [0.5, 0.6) is 5.75 Å². The zero-order valence-corrected chi connectivity index (χ0v) is 25.3. The molecule has 2 aliphatic heterocycles. The molecule has 0 bridgehead atoms. The molecule has 4 aromatic rings. The number of aryl methyl sites for hydroxylation is 1. The summed E-state index contributed by atoms with van der Waals surface area (Å²) in [7, 11) is 1.59. The van der Waals surface area contributed by atoms with Gasteiger partial charge in [0, 0.05) is 74.9 Å². The number of hydrogen-bond donors (Lipinski definition) is 1. The third-order valence-corrected chi connectivity index (χ3v) is 8.62. The van der Waals surface area contributed by atoms with Crippen LogP contribution in [-0.4, -0.2) is 106 Å². The summed E-state index contributed by atoms with van der Waals surface area (Å²) in [6.07, 6.45) is 6.60. The molecule has 236 valence electrons. The maximum atomic E-state index is 16.5. The fraction of sp³-hybridized carbons (Fsp3) is 0.394. The summed E-state index contributed by atoms with van der Waals surface area (Å²) in [4.78, 5) is 35.5. The van der Waals surface area contributed by atoms with Crippen molar-refractivity contribution >= 4 is 28.3 Å². The molecule has 0 saturated carbocycles. The van der Waals surface area contributed by atoms with Gasteiger partial charge in [-0.3, -0.25) is 23.6 Å². The average molecular weight is 618 g/mol. The molecule has 1 saturated heterocycles. The second-order valence-corrected chi connectivity index (χ2v) is 11.4. The van der Waals surface area contributed by atoms with E-state index in [4.69, 9.17) is 4.74 Å². The third-order valence-electron chi connectivity index (χ3n) is 8.62. The van der Waals surface area contributed by atoms with Crippen LogP contribution < -0.4 is 4.74 Å². The number of carbonyl (C=O) groups excluding carboxylic acids is 2. The first-order valence-corrected chi connectivity index (χ1v) is 15.3. The van der Waals surface area contributed by atoms with E-state index in [-0.39, 0.29) is 37.0 Å². The van der Waals surface area contributed by atoms with Crippen molar-refractivity contribution in [3.63, 3.8) is 0 Å². The molecule has 4 heterocycles. The number of alkyl halides is 1. The first kappa shape index (κ1) is 30.4. The molecule has 0 aliphatic carbocycles. The summed E-state index contributed by atoms with van der Waals surface area (Å²) in [5.74, 6) is -0.0938. The van der Waals surface area contributed by atoms with Gasteiger partial charge in [0.05, 0.1) is 32.0 Å². The van der Waals surface area contributed by atoms with E-state index in [0.29, 0.717) is 86.6 Å². The van der Waals surface area contributed by atoms with Gasteiger partial charge in [0.25, 0.3) is 5.91 Å². The maximum absolute atomic E-state index is 16.5. The summed E-state index contributed by atoms with van der Waals surface area (Å²) < 4.78 is 36.4. The number of fused-ring (bicyclic) bond motifs is 1. The van der Waals surface area contributed by atoms with E-state index < -0.39 is 5.82 Å². The number of piperazine rings is 1. The number of H-pyrrole nitrogens is 1. The Kier molecular flexibility index (Phi) is 9.20. The predicted molar refractivity (Wildman–Crippen MR) is 167 cm³/mol. The molecule has 0 spiro atoms. The van der Waals surface area contributed by atoms with E-state index in [2.05, 4.69) is 20.2 Å². The summed E-state index contributed by atoms with van der Waals surface area (Å²) >= 11 is 0. The molecule has 0 radical (unpaired) electrons. The lowest BCUT2D eigenvalue weighted by Crippen LogP contribution is -2.49. The highest BCUT2D eigenvalue weighted by Gasteiger charge is 2.27. The summed E-state index contributed by atoms with van der Waals surface area (Å²) in [5.41, 5.74) is 3.10. The van der Waals surface area contributed by atoms with Gasteiger partial charge in [-0.1, -0.05) is 29.5 Å². The van der Waals surface area contributed by atoms with E-state index in [1.54, 1.807) is 46.1 Å². The number of aromatic amines is 1. The Bertz CT molecular complexity index is 1690. The molecule has 6 rings (SSSR count). The van der Waals surface area contributed by atoms with Crippen LogP contribution in [0.2, 0.25) is 0 Å². The van der Waals surface area contributed by atoms with Crippen molar-refractivity contribution < 1.29 is 23.1 Å². The zero-order valence-electron chi connectivity index (χ0n) is 25.3. The number of methoxy groups -OCH3 is 1. The molecule has 2 aliphatic rings. The third kappa shape index (κ3) is 6.46. The maximum Gasteiger partial charge on any atom is 0.270 e. The number of rotatable bonds is 10. The Morgan fingerprint density at radius 3 is 2.58 bits per heavy atom. The van der Waals surface area contributed by atoms with Crippen LogP contribution in [-0.2, 0) is 11.3 Å². The highest BCUT2D eigenvalue weighted by Crippen LogP contribution is 2.40. The van der Waals surface area contributed by atoms with E-state index in [1.165, 1.54) is 0 Å². The Balaban J connectivity index is 1.32. The molecule has 2 amide bonds. The van der Waals surface area contributed by atoms with Gasteiger partial charge in [0.15, 0.2) is 5.82 Å². The van der Waals surface area contributed by atoms with E-state index >= 15 is 4.39 Å². The molecule has 0 unspecified atom stereocenters. The molecular formula is C33H37F2N7O3. The Morgan fingerprint density at radius 2 is 1.82 bits per heavy atom. The Morgan fingerprint density at radius 1 is 1.00 bits per heavy atom. The second-order valence-electron chi connectivity index (χ2n) is 11.4. The van der Waals surface area contributed by atoms with Gasteiger partial charge in [-0.25, -0.2) is 4.39 Å². The SMILES string of the molecule is COc1ccccc1-c1cc(C2=CCCN(C(=O)CCn3ccnn3)C2)c(F)c2[nH]c(C(=O)N3CCN(CCCF)CC3)cc12. The van der Waals surface area contributed by atoms with E-state index in [0.717, 1.165) is 11.1 Å². The number of carbonyl (C=O) groups is 2. The van der Waals surface area contributed by atoms with Crippen molar-refractivity contribution in [1.29, 1.82) is 0 Å². The minimum absolute atomic E-state index is 0.0416. The number of amides is 2. The Labute approximate surface area is 260 Å². The first-order valence-electron chi connectivity index (χ1n) is 15.3. The van der Waals surface area contributed by atoms with Gasteiger partial charge in [-0.2, -0.15) is 0 Å². The van der Waals surface area contributed by atoms with Crippen LogP contribution in [0.25, 0.3) is 27.6 Å². The largest absolute Gasteiger partial charge is 0.496 e. The van der Waals surface area contributed by atoms with Crippen LogP contribution in [0.4, 0.5) is 8.78 Å². The Hall–Kier alpha value is -4.58. The summed E-state index contributed by atoms with van der Waals surface area (Å²) in [6.45, 7) is 3.90. The quantitative estimate of drug-likeness (QED) is 0.283. The smallest absolute Gasteiger partial charge is 0.270 e. The van der Waals surface area contributed by atoms with Gasteiger partial charge >= 0.3 is 0 Å². The first-order chi connectivity index (χ1) is 22.0. The normalized spacial score (nSPS) is 15.8. The van der Waals surface area contributed by atoms with Crippen LogP contribution in [0.1, 0.15) is 35.3 Å². The molecule has 0 atom stereocenters. The number of hydrogen-bond acceptors (Lipinski definition) is 6. The van der Waals surface area contributed by atoms with E-state index in [9.17, 15) is 14.0 Å². The van der Waals surface area contributed by atoms with Gasteiger partial charge in [-0.05, 0) is 42.2 Å². The standard InChI is InChI=1S/C33H37F2N7O3/c1-45-29-8-3-2-7-24(29)26-20-25(23-6-4-13-41(22-23)30(43)9-14-42-15-11-36-38-42)31(35)32-27(26)21-28(37-32)33(44)40-18-16-39(17-19-40)12-5-10-34/h2-3,6-8,11,15,20-21,37H,4-5,9-10,12-14,16-19,22H2,1H3. The van der Waals surface area contributed by atoms with Crippen molar-refractivity contribution in [3.8, 4) is 16.9 Å². The number of aromatic nitrogens is 4. The van der Waals surface area contributed by atoms with Crippen molar-refractivity contribution in [3.05, 3.63) is 71.9 Å². The molecule has 2 aromatic carbocycles. The molecule has 1 fully saturated rings. The molecule has 10 nitrogen and oxygen atoms in total. The highest BCUT2D eigenvalue weighted by atomic mass is 19.1. The highest BCUT2D eigenvalue weighted by molar-refractivity contribution is 6.05. The lowest BCUT2D eigenvalue weighted by atomic mass is 9.93. The number of para-hydroxylation sites is 1. The summed E-state index contributed by atoms with van der Waals surface area (Å²) in [5, 5.41) is 8.28. The van der Waals surface area contributed by atoms with Crippen LogP contribution >= 0.6 is 0 Å². The topological polar surface area (TPSA) is 99.6 Å². The van der Waals surface area contributed by atoms with Crippen LogP contribution in [0, 0.1) is 5.82 Å². The van der Waals surface area contributed by atoms with Gasteiger partial charge in [0.1, 0.15) is 11.4 Å². The summed E-state index contributed by atoms with van der Waals surface area (Å²) in [6, 6.07) is 11.0. The number of nitrogens with one attached hydrogen (secondary N) is 1. The van der Waals surface area contributed by atoms with Gasteiger partial charge < -0.3 is 19.5 Å². The van der Waals surface area contributed by atoms with Gasteiger partial charge in [-0.15, -0.1) is 5.10 Å². The van der Waals surface area contributed by atoms with Gasteiger partial charge in [0.2, 0.25) is 5.91 Å². The van der Waals surface area contributed by atoms with Crippen molar-refractivity contribution in [2.45, 2.75) is 25.8 Å². The molecular weight excluding hydrogens is 580 g/mol. The molecule has 1 N–H and O–H groups in total. The van der Waals surface area contributed by atoms with Crippen molar-refractivity contribution in [2.75, 3.05) is 59.6 Å². The monoisotopic (exact) mass is 617 g/mol. The average Bonchev–Trinajstić information content (AvgIpc) is 3.78.